The number of thiophene rings is 1. The summed E-state index contributed by atoms with van der Waals surface area (Å²) in [5.74, 6) is 0. The smallest absolute Gasteiger partial charge is 0.0627 e. The highest BCUT2D eigenvalue weighted by Crippen LogP contribution is 2.49. The van der Waals surface area contributed by atoms with Crippen molar-refractivity contribution in [1.82, 2.24) is 4.40 Å². The Labute approximate surface area is 256 Å². The normalized spacial score (nSPS) is 12.5. The Hall–Kier alpha value is -5.44. The number of para-hydroxylation sites is 1. The minimum atomic E-state index is 1.25. The number of rotatable bonds is 2. The summed E-state index contributed by atoms with van der Waals surface area (Å²) < 4.78 is 5.25. The zero-order valence-corrected chi connectivity index (χ0v) is 24.5. The highest BCUT2D eigenvalue weighted by molar-refractivity contribution is 7.26. The maximum atomic E-state index is 2.56. The van der Waals surface area contributed by atoms with Gasteiger partial charge in [0, 0.05) is 47.3 Å². The molecule has 0 saturated carbocycles. The standard InChI is InChI=1S/C42H23NS/c1-2-12-29-28(11-1)32-20-19-26(40-38(32)39-33(29)21-22-34-30-13-3-5-17-36(30)43(40)41(34)39)24-9-7-10-25(23-24)27-15-8-16-35-31-14-4-6-18-37(31)44-42(27)35/h1-23H. The fourth-order valence-electron chi connectivity index (χ4n) is 8.08. The number of aromatic nitrogens is 1. The summed E-state index contributed by atoms with van der Waals surface area (Å²) in [6.45, 7) is 0. The molecular weight excluding hydrogens is 551 g/mol. The first-order valence-electron chi connectivity index (χ1n) is 15.2. The third-order valence-electron chi connectivity index (χ3n) is 9.88. The van der Waals surface area contributed by atoms with Gasteiger partial charge in [0.05, 0.1) is 16.6 Å². The summed E-state index contributed by atoms with van der Waals surface area (Å²) >= 11 is 1.90. The highest BCUT2D eigenvalue weighted by Gasteiger charge is 2.25. The minimum Gasteiger partial charge on any atom is -0.307 e. The second kappa shape index (κ2) is 8.13. The van der Waals surface area contributed by atoms with Gasteiger partial charge in [0.2, 0.25) is 0 Å². The molecule has 1 nitrogen and oxygen atoms in total. The van der Waals surface area contributed by atoms with Crippen LogP contribution >= 0.6 is 11.3 Å². The number of hydrogen-bond donors (Lipinski definition) is 0. The van der Waals surface area contributed by atoms with Crippen molar-refractivity contribution in [3.8, 4) is 22.3 Å². The largest absolute Gasteiger partial charge is 0.307 e. The molecule has 11 rings (SSSR count). The minimum absolute atomic E-state index is 1.25. The number of hydrogen-bond acceptors (Lipinski definition) is 1. The molecule has 0 amide bonds. The van der Waals surface area contributed by atoms with E-state index in [1.54, 1.807) is 0 Å². The van der Waals surface area contributed by atoms with Gasteiger partial charge in [0.1, 0.15) is 0 Å². The lowest BCUT2D eigenvalue weighted by molar-refractivity contribution is 1.37. The van der Waals surface area contributed by atoms with Crippen LogP contribution in [0.1, 0.15) is 0 Å². The predicted molar refractivity (Wildman–Crippen MR) is 191 cm³/mol. The van der Waals surface area contributed by atoms with Gasteiger partial charge in [-0.15, -0.1) is 11.3 Å². The van der Waals surface area contributed by atoms with E-state index in [0.717, 1.165) is 0 Å². The van der Waals surface area contributed by atoms with Crippen molar-refractivity contribution in [3.63, 3.8) is 0 Å². The summed E-state index contributed by atoms with van der Waals surface area (Å²) in [6, 6.07) is 51.9. The van der Waals surface area contributed by atoms with E-state index in [1.165, 1.54) is 102 Å². The summed E-state index contributed by atoms with van der Waals surface area (Å²) in [5, 5.41) is 13.4. The molecule has 0 fully saturated rings. The van der Waals surface area contributed by atoms with E-state index in [2.05, 4.69) is 144 Å². The lowest BCUT2D eigenvalue weighted by atomic mass is 9.90. The molecule has 0 saturated heterocycles. The molecule has 0 atom stereocenters. The Bertz CT molecular complexity index is 2940. The van der Waals surface area contributed by atoms with Crippen molar-refractivity contribution in [2.24, 2.45) is 0 Å². The molecule has 0 bridgehead atoms. The Balaban J connectivity index is 1.28. The van der Waals surface area contributed by atoms with Crippen LogP contribution in [0.15, 0.2) is 140 Å². The van der Waals surface area contributed by atoms with Crippen LogP contribution < -0.4 is 0 Å². The fourth-order valence-corrected chi connectivity index (χ4v) is 9.32. The topological polar surface area (TPSA) is 4.41 Å². The van der Waals surface area contributed by atoms with Crippen LogP contribution in [0.5, 0.6) is 0 Å². The van der Waals surface area contributed by atoms with Crippen molar-refractivity contribution in [2.45, 2.75) is 0 Å². The highest BCUT2D eigenvalue weighted by atomic mass is 32.1. The third kappa shape index (κ3) is 2.75. The molecular formula is C42H23NS. The number of nitrogens with zero attached hydrogens (tertiary/aromatic N) is 1. The molecule has 0 N–H and O–H groups in total. The van der Waals surface area contributed by atoms with Crippen molar-refractivity contribution in [1.29, 1.82) is 0 Å². The van der Waals surface area contributed by atoms with Gasteiger partial charge in [0.15, 0.2) is 0 Å². The van der Waals surface area contributed by atoms with E-state index in [-0.39, 0.29) is 0 Å². The van der Waals surface area contributed by atoms with Gasteiger partial charge in [-0.2, -0.15) is 0 Å². The van der Waals surface area contributed by atoms with Crippen molar-refractivity contribution < 1.29 is 0 Å². The third-order valence-corrected chi connectivity index (χ3v) is 11.1. The average molecular weight is 574 g/mol. The molecule has 8 aromatic carbocycles. The summed E-state index contributed by atoms with van der Waals surface area (Å²) in [4.78, 5) is 0. The molecule has 0 aliphatic heterocycles. The molecule has 3 heterocycles. The van der Waals surface area contributed by atoms with Gasteiger partial charge in [-0.1, -0.05) is 121 Å². The molecule has 11 aromatic rings. The van der Waals surface area contributed by atoms with Crippen LogP contribution in [0.2, 0.25) is 0 Å². The summed E-state index contributed by atoms with van der Waals surface area (Å²) in [5.41, 5.74) is 9.00. The Morgan fingerprint density at radius 2 is 1.00 bits per heavy atom. The predicted octanol–water partition coefficient (Wildman–Crippen LogP) is 12.3. The zero-order chi connectivity index (χ0) is 28.5. The maximum Gasteiger partial charge on any atom is 0.0627 e. The monoisotopic (exact) mass is 573 g/mol. The quantitative estimate of drug-likeness (QED) is 0.181. The molecule has 0 aliphatic carbocycles. The summed E-state index contributed by atoms with van der Waals surface area (Å²) in [7, 11) is 0. The first kappa shape index (κ1) is 23.1. The first-order valence-corrected chi connectivity index (χ1v) is 16.0. The van der Waals surface area contributed by atoms with Gasteiger partial charge in [-0.05, 0) is 56.4 Å². The molecule has 202 valence electrons. The second-order valence-electron chi connectivity index (χ2n) is 12.0. The molecule has 3 aromatic heterocycles. The molecule has 2 heteroatoms. The van der Waals surface area contributed by atoms with Gasteiger partial charge >= 0.3 is 0 Å². The van der Waals surface area contributed by atoms with Gasteiger partial charge in [-0.3, -0.25) is 0 Å². The zero-order valence-electron chi connectivity index (χ0n) is 23.6. The fraction of sp³-hybridized carbons (Fsp3) is 0. The molecule has 44 heavy (non-hydrogen) atoms. The lowest BCUT2D eigenvalue weighted by Gasteiger charge is -2.13. The number of fused-ring (bicyclic) bond motifs is 10. The van der Waals surface area contributed by atoms with Gasteiger partial charge in [0.25, 0.3) is 0 Å². The van der Waals surface area contributed by atoms with Gasteiger partial charge in [-0.25, -0.2) is 0 Å². The van der Waals surface area contributed by atoms with Crippen LogP contribution in [0, 0.1) is 0 Å². The molecule has 0 unspecified atom stereocenters. The van der Waals surface area contributed by atoms with Crippen LogP contribution in [0.4, 0.5) is 0 Å². The van der Waals surface area contributed by atoms with Crippen LogP contribution in [0.3, 0.4) is 0 Å². The first-order chi connectivity index (χ1) is 21.8. The SMILES string of the molecule is c1cc(-c2cccc3c2sc2ccccc23)cc(-c2ccc3c4ccccc4c4ccc5c6ccccc6n6c2c3c4c56)c1. The van der Waals surface area contributed by atoms with Crippen molar-refractivity contribution >= 4 is 91.1 Å². The molecule has 0 spiro atoms. The van der Waals surface area contributed by atoms with E-state index in [4.69, 9.17) is 0 Å². The average Bonchev–Trinajstić information content (AvgIpc) is 3.75. The molecule has 0 radical (unpaired) electrons. The van der Waals surface area contributed by atoms with Crippen molar-refractivity contribution in [2.75, 3.05) is 0 Å². The molecule has 0 aliphatic rings. The lowest BCUT2D eigenvalue weighted by Crippen LogP contribution is -1.88. The van der Waals surface area contributed by atoms with Crippen LogP contribution in [0.25, 0.3) is 102 Å². The van der Waals surface area contributed by atoms with E-state index in [9.17, 15) is 0 Å². The second-order valence-corrected chi connectivity index (χ2v) is 13.1. The van der Waals surface area contributed by atoms with Crippen LogP contribution in [-0.2, 0) is 0 Å². The van der Waals surface area contributed by atoms with E-state index >= 15 is 0 Å². The van der Waals surface area contributed by atoms with E-state index in [1.807, 2.05) is 11.3 Å². The Morgan fingerprint density at radius 1 is 0.386 bits per heavy atom. The Kier molecular flexibility index (Phi) is 4.26. The Morgan fingerprint density at radius 3 is 1.84 bits per heavy atom. The summed E-state index contributed by atoms with van der Waals surface area (Å²) in [6.07, 6.45) is 0. The van der Waals surface area contributed by atoms with E-state index < -0.39 is 0 Å². The number of benzene rings is 8. The van der Waals surface area contributed by atoms with Gasteiger partial charge < -0.3 is 4.40 Å². The van der Waals surface area contributed by atoms with E-state index in [0.29, 0.717) is 0 Å². The van der Waals surface area contributed by atoms with Crippen molar-refractivity contribution in [3.05, 3.63) is 140 Å². The maximum absolute atomic E-state index is 2.56. The van der Waals surface area contributed by atoms with Crippen LogP contribution in [-0.4, -0.2) is 4.40 Å².